The third-order valence-corrected chi connectivity index (χ3v) is 3.62. The van der Waals surface area contributed by atoms with Crippen molar-refractivity contribution in [3.8, 4) is 0 Å². The summed E-state index contributed by atoms with van der Waals surface area (Å²) in [4.78, 5) is 6.90. The van der Waals surface area contributed by atoms with Crippen LogP contribution in [0.1, 0.15) is 51.9 Å². The van der Waals surface area contributed by atoms with Crippen LogP contribution in [0, 0.1) is 5.92 Å². The Balaban J connectivity index is 1.95. The second-order valence-corrected chi connectivity index (χ2v) is 6.16. The van der Waals surface area contributed by atoms with Gasteiger partial charge in [0.25, 0.3) is 0 Å². The van der Waals surface area contributed by atoms with E-state index in [1.165, 1.54) is 51.5 Å². The molecule has 0 saturated heterocycles. The van der Waals surface area contributed by atoms with Gasteiger partial charge >= 0.3 is 0 Å². The van der Waals surface area contributed by atoms with Gasteiger partial charge in [0.15, 0.2) is 5.96 Å². The highest BCUT2D eigenvalue weighted by atomic mass is 15.2. The van der Waals surface area contributed by atoms with Gasteiger partial charge in [0.05, 0.1) is 0 Å². The monoisotopic (exact) mass is 282 g/mol. The van der Waals surface area contributed by atoms with Gasteiger partial charge in [0.2, 0.25) is 0 Å². The van der Waals surface area contributed by atoms with Crippen molar-refractivity contribution < 1.29 is 0 Å². The molecule has 4 heteroatoms. The molecule has 2 N–H and O–H groups in total. The molecule has 0 amide bonds. The number of nitrogens with zero attached hydrogens (tertiary/aromatic N) is 2. The van der Waals surface area contributed by atoms with Crippen molar-refractivity contribution in [1.82, 2.24) is 15.5 Å². The minimum Gasteiger partial charge on any atom is -0.357 e. The Bertz CT molecular complexity index is 259. The maximum atomic E-state index is 4.63. The Morgan fingerprint density at radius 2 is 1.75 bits per heavy atom. The Morgan fingerprint density at radius 3 is 2.40 bits per heavy atom. The minimum absolute atomic E-state index is 0.863. The maximum absolute atomic E-state index is 4.63. The smallest absolute Gasteiger partial charge is 0.191 e. The highest BCUT2D eigenvalue weighted by Crippen LogP contribution is 2.28. The van der Waals surface area contributed by atoms with Crippen LogP contribution in [0.2, 0.25) is 0 Å². The zero-order valence-electron chi connectivity index (χ0n) is 13.7. The average Bonchev–Trinajstić information content (AvgIpc) is 3.22. The van der Waals surface area contributed by atoms with E-state index in [0.29, 0.717) is 0 Å². The molecule has 0 aromatic heterocycles. The molecule has 0 heterocycles. The fraction of sp³-hybridized carbons (Fsp3) is 0.938. The summed E-state index contributed by atoms with van der Waals surface area (Å²) < 4.78 is 0. The van der Waals surface area contributed by atoms with Crippen molar-refractivity contribution in [2.45, 2.75) is 51.9 Å². The summed E-state index contributed by atoms with van der Waals surface area (Å²) in [6.07, 6.45) is 9.34. The van der Waals surface area contributed by atoms with Crippen LogP contribution in [-0.4, -0.2) is 51.1 Å². The van der Waals surface area contributed by atoms with Crippen molar-refractivity contribution in [2.75, 3.05) is 40.3 Å². The summed E-state index contributed by atoms with van der Waals surface area (Å²) in [5.74, 6) is 1.87. The zero-order chi connectivity index (χ0) is 14.6. The van der Waals surface area contributed by atoms with Crippen LogP contribution in [0.4, 0.5) is 0 Å². The van der Waals surface area contributed by atoms with Crippen LogP contribution in [0.25, 0.3) is 0 Å². The van der Waals surface area contributed by atoms with Crippen LogP contribution >= 0.6 is 0 Å². The van der Waals surface area contributed by atoms with E-state index in [1.54, 1.807) is 0 Å². The van der Waals surface area contributed by atoms with Gasteiger partial charge in [-0.05, 0) is 59.2 Å². The van der Waals surface area contributed by atoms with Crippen LogP contribution in [-0.2, 0) is 0 Å². The quantitative estimate of drug-likeness (QED) is 0.347. The van der Waals surface area contributed by atoms with Crippen LogP contribution in [0.3, 0.4) is 0 Å². The summed E-state index contributed by atoms with van der Waals surface area (Å²) in [7, 11) is 4.29. The molecular weight excluding hydrogens is 248 g/mol. The molecule has 0 atom stereocenters. The van der Waals surface area contributed by atoms with Gasteiger partial charge in [-0.25, -0.2) is 0 Å². The first-order chi connectivity index (χ1) is 9.72. The summed E-state index contributed by atoms with van der Waals surface area (Å²) >= 11 is 0. The summed E-state index contributed by atoms with van der Waals surface area (Å²) in [6.45, 7) is 6.33. The topological polar surface area (TPSA) is 39.7 Å². The second-order valence-electron chi connectivity index (χ2n) is 6.16. The molecule has 4 nitrogen and oxygen atoms in total. The van der Waals surface area contributed by atoms with E-state index in [-0.39, 0.29) is 0 Å². The summed E-state index contributed by atoms with van der Waals surface area (Å²) in [5, 5.41) is 6.77. The molecule has 0 unspecified atom stereocenters. The van der Waals surface area contributed by atoms with Gasteiger partial charge in [0.1, 0.15) is 0 Å². The second kappa shape index (κ2) is 11.0. The van der Waals surface area contributed by atoms with Crippen molar-refractivity contribution >= 4 is 5.96 Å². The SMILES string of the molecule is CCNC(=NCC1CC1)NCCCCCCCN(C)C. The normalized spacial score (nSPS) is 15.7. The molecule has 0 spiro atoms. The summed E-state index contributed by atoms with van der Waals surface area (Å²) in [6, 6.07) is 0. The van der Waals surface area contributed by atoms with Crippen molar-refractivity contribution in [3.63, 3.8) is 0 Å². The lowest BCUT2D eigenvalue weighted by Gasteiger charge is -2.11. The molecule has 1 saturated carbocycles. The predicted octanol–water partition coefficient (Wildman–Crippen LogP) is 2.46. The molecule has 1 aliphatic rings. The van der Waals surface area contributed by atoms with E-state index in [9.17, 15) is 0 Å². The molecule has 0 aliphatic heterocycles. The van der Waals surface area contributed by atoms with E-state index in [4.69, 9.17) is 0 Å². The third kappa shape index (κ3) is 10.1. The Morgan fingerprint density at radius 1 is 1.05 bits per heavy atom. The van der Waals surface area contributed by atoms with E-state index >= 15 is 0 Å². The molecule has 1 rings (SSSR count). The lowest BCUT2D eigenvalue weighted by molar-refractivity contribution is 0.389. The zero-order valence-corrected chi connectivity index (χ0v) is 13.7. The Hall–Kier alpha value is -0.770. The van der Waals surface area contributed by atoms with E-state index in [1.807, 2.05) is 0 Å². The van der Waals surface area contributed by atoms with E-state index < -0.39 is 0 Å². The van der Waals surface area contributed by atoms with E-state index in [2.05, 4.69) is 41.5 Å². The van der Waals surface area contributed by atoms with Crippen molar-refractivity contribution in [1.29, 1.82) is 0 Å². The lowest BCUT2D eigenvalue weighted by atomic mass is 10.1. The number of guanidine groups is 1. The fourth-order valence-corrected chi connectivity index (χ4v) is 2.15. The molecule has 0 radical (unpaired) electrons. The third-order valence-electron chi connectivity index (χ3n) is 3.62. The maximum Gasteiger partial charge on any atom is 0.191 e. The number of nitrogens with one attached hydrogen (secondary N) is 2. The van der Waals surface area contributed by atoms with Gasteiger partial charge in [-0.1, -0.05) is 19.3 Å². The molecule has 0 aromatic carbocycles. The molecule has 1 fully saturated rings. The van der Waals surface area contributed by atoms with Crippen molar-refractivity contribution in [3.05, 3.63) is 0 Å². The first-order valence-electron chi connectivity index (χ1n) is 8.39. The number of aliphatic imine (C=N–C) groups is 1. The van der Waals surface area contributed by atoms with Gasteiger partial charge in [-0.2, -0.15) is 0 Å². The minimum atomic E-state index is 0.863. The largest absolute Gasteiger partial charge is 0.357 e. The molecule has 0 bridgehead atoms. The van der Waals surface area contributed by atoms with Gasteiger partial charge in [-0.15, -0.1) is 0 Å². The molecule has 20 heavy (non-hydrogen) atoms. The molecule has 118 valence electrons. The summed E-state index contributed by atoms with van der Waals surface area (Å²) in [5.41, 5.74) is 0. The highest BCUT2D eigenvalue weighted by Gasteiger charge is 2.20. The molecule has 0 aromatic rings. The van der Waals surface area contributed by atoms with Gasteiger partial charge < -0.3 is 15.5 Å². The highest BCUT2D eigenvalue weighted by molar-refractivity contribution is 5.79. The van der Waals surface area contributed by atoms with Gasteiger partial charge in [0, 0.05) is 19.6 Å². The van der Waals surface area contributed by atoms with Crippen LogP contribution in [0.5, 0.6) is 0 Å². The predicted molar refractivity (Wildman–Crippen MR) is 88.3 cm³/mol. The molecule has 1 aliphatic carbocycles. The number of unbranched alkanes of at least 4 members (excludes halogenated alkanes) is 4. The van der Waals surface area contributed by atoms with Crippen LogP contribution < -0.4 is 10.6 Å². The number of rotatable bonds is 11. The Labute approximate surface area is 125 Å². The Kier molecular flexibility index (Phi) is 9.46. The fourth-order valence-electron chi connectivity index (χ4n) is 2.15. The number of hydrogen-bond acceptors (Lipinski definition) is 2. The van der Waals surface area contributed by atoms with Crippen LogP contribution in [0.15, 0.2) is 4.99 Å². The lowest BCUT2D eigenvalue weighted by Crippen LogP contribution is -2.37. The first kappa shape index (κ1) is 17.3. The average molecular weight is 282 g/mol. The van der Waals surface area contributed by atoms with Gasteiger partial charge in [-0.3, -0.25) is 4.99 Å². The van der Waals surface area contributed by atoms with E-state index in [0.717, 1.165) is 31.5 Å². The molecular formula is C16H34N4. The standard InChI is InChI=1S/C16H34N4/c1-4-17-16(19-14-15-10-11-15)18-12-8-6-5-7-9-13-20(2)3/h15H,4-14H2,1-3H3,(H2,17,18,19). The van der Waals surface area contributed by atoms with Crippen molar-refractivity contribution in [2.24, 2.45) is 10.9 Å². The first-order valence-corrected chi connectivity index (χ1v) is 8.39. The number of hydrogen-bond donors (Lipinski definition) is 2.